The number of rotatable bonds is 28. The molecule has 0 radical (unpaired) electrons. The van der Waals surface area contributed by atoms with Crippen LogP contribution < -0.4 is 49.1 Å². The second kappa shape index (κ2) is 26.7. The van der Waals surface area contributed by atoms with E-state index in [0.717, 1.165) is 6.42 Å². The molecule has 19 heteroatoms. The summed E-state index contributed by atoms with van der Waals surface area (Å²) < 4.78 is 0. The minimum Gasteiger partial charge on any atom is -0.480 e. The molecule has 2 aromatic rings. The molecule has 334 valence electrons. The number of unbranched alkanes of at least 4 members (excludes halogenated alkanes) is 1. The van der Waals surface area contributed by atoms with Crippen LogP contribution in [0.25, 0.3) is 0 Å². The van der Waals surface area contributed by atoms with Crippen LogP contribution in [0.15, 0.2) is 60.7 Å². The summed E-state index contributed by atoms with van der Waals surface area (Å²) in [5.41, 5.74) is 17.7. The Morgan fingerprint density at radius 2 is 1.03 bits per heavy atom. The SMILES string of the molecule is CCCC[C@H](NC(=O)[C@H](CC(C)C)NC(=O)CNC(=O)[C@H](Cc1ccccc1)NC(=O)[C@H](Cc1ccccc1)NC(=O)[C@H](CCC(N)=O)NC(=O)[C@@H](N)CCC(N)=O)C(=O)O. The Kier molecular flexibility index (Phi) is 22.2. The smallest absolute Gasteiger partial charge is 0.326 e. The van der Waals surface area contributed by atoms with Gasteiger partial charge in [0.2, 0.25) is 47.3 Å². The van der Waals surface area contributed by atoms with E-state index in [-0.39, 0.29) is 57.3 Å². The summed E-state index contributed by atoms with van der Waals surface area (Å²) in [5.74, 6) is -7.40. The predicted octanol–water partition coefficient (Wildman–Crippen LogP) is -0.809. The summed E-state index contributed by atoms with van der Waals surface area (Å²) in [6, 6.07) is 9.79. The minimum atomic E-state index is -1.39. The molecular formula is C42H61N9O10. The number of primary amides is 2. The van der Waals surface area contributed by atoms with Gasteiger partial charge in [-0.3, -0.25) is 38.4 Å². The summed E-state index contributed by atoms with van der Waals surface area (Å²) in [4.78, 5) is 116. The molecular weight excluding hydrogens is 791 g/mol. The highest BCUT2D eigenvalue weighted by atomic mass is 16.4. The van der Waals surface area contributed by atoms with Gasteiger partial charge in [-0.05, 0) is 42.7 Å². The molecule has 0 fully saturated rings. The average molecular weight is 852 g/mol. The lowest BCUT2D eigenvalue weighted by molar-refractivity contribution is -0.142. The van der Waals surface area contributed by atoms with Crippen molar-refractivity contribution in [1.29, 1.82) is 0 Å². The van der Waals surface area contributed by atoms with Crippen LogP contribution in [0.1, 0.15) is 83.3 Å². The van der Waals surface area contributed by atoms with Gasteiger partial charge in [-0.1, -0.05) is 94.3 Å². The van der Waals surface area contributed by atoms with E-state index in [9.17, 15) is 48.3 Å². The Balaban J connectivity index is 2.33. The summed E-state index contributed by atoms with van der Waals surface area (Å²) in [6.07, 6.45) is 0.677. The topological polar surface area (TPSA) is 324 Å². The fourth-order valence-corrected chi connectivity index (χ4v) is 6.10. The number of nitrogens with one attached hydrogen (secondary N) is 6. The van der Waals surface area contributed by atoms with E-state index in [1.807, 2.05) is 20.8 Å². The van der Waals surface area contributed by atoms with Crippen molar-refractivity contribution < 1.29 is 48.3 Å². The number of carbonyl (C=O) groups excluding carboxylic acids is 8. The van der Waals surface area contributed by atoms with E-state index >= 15 is 0 Å². The molecule has 8 amide bonds. The molecule has 0 aliphatic heterocycles. The van der Waals surface area contributed by atoms with Gasteiger partial charge in [-0.2, -0.15) is 0 Å². The molecule has 2 aromatic carbocycles. The van der Waals surface area contributed by atoms with E-state index in [4.69, 9.17) is 17.2 Å². The Morgan fingerprint density at radius 3 is 1.52 bits per heavy atom. The molecule has 6 atom stereocenters. The second-order valence-electron chi connectivity index (χ2n) is 15.2. The van der Waals surface area contributed by atoms with Gasteiger partial charge in [-0.15, -0.1) is 0 Å². The number of benzene rings is 2. The van der Waals surface area contributed by atoms with Gasteiger partial charge in [0.05, 0.1) is 12.6 Å². The first-order valence-corrected chi connectivity index (χ1v) is 20.3. The van der Waals surface area contributed by atoms with Gasteiger partial charge in [0, 0.05) is 25.7 Å². The number of hydrogen-bond donors (Lipinski definition) is 10. The highest BCUT2D eigenvalue weighted by Gasteiger charge is 2.32. The van der Waals surface area contributed by atoms with Crippen LogP contribution in [0.5, 0.6) is 0 Å². The zero-order chi connectivity index (χ0) is 45.5. The quantitative estimate of drug-likeness (QED) is 0.0505. The van der Waals surface area contributed by atoms with Crippen LogP contribution in [-0.2, 0) is 56.0 Å². The number of carboxylic acids is 1. The molecule has 2 rings (SSSR count). The van der Waals surface area contributed by atoms with Gasteiger partial charge in [0.15, 0.2) is 0 Å². The highest BCUT2D eigenvalue weighted by molar-refractivity contribution is 5.96. The fourth-order valence-electron chi connectivity index (χ4n) is 6.10. The number of amides is 8. The third-order valence-corrected chi connectivity index (χ3v) is 9.43. The molecule has 0 bridgehead atoms. The first-order valence-electron chi connectivity index (χ1n) is 20.3. The van der Waals surface area contributed by atoms with Crippen molar-refractivity contribution in [1.82, 2.24) is 31.9 Å². The van der Waals surface area contributed by atoms with Crippen molar-refractivity contribution in [2.45, 2.75) is 121 Å². The number of carbonyl (C=O) groups is 9. The van der Waals surface area contributed by atoms with Crippen molar-refractivity contribution in [2.24, 2.45) is 23.1 Å². The van der Waals surface area contributed by atoms with Crippen molar-refractivity contribution in [3.05, 3.63) is 71.8 Å². The van der Waals surface area contributed by atoms with Gasteiger partial charge < -0.3 is 54.2 Å². The summed E-state index contributed by atoms with van der Waals surface area (Å²) >= 11 is 0. The molecule has 61 heavy (non-hydrogen) atoms. The Morgan fingerprint density at radius 1 is 0.574 bits per heavy atom. The molecule has 0 heterocycles. The van der Waals surface area contributed by atoms with Gasteiger partial charge >= 0.3 is 5.97 Å². The number of hydrogen-bond acceptors (Lipinski definition) is 10. The van der Waals surface area contributed by atoms with Crippen molar-refractivity contribution in [3.63, 3.8) is 0 Å². The molecule has 13 N–H and O–H groups in total. The fraction of sp³-hybridized carbons (Fsp3) is 0.500. The molecule has 19 nitrogen and oxygen atoms in total. The largest absolute Gasteiger partial charge is 0.480 e. The zero-order valence-electron chi connectivity index (χ0n) is 34.9. The van der Waals surface area contributed by atoms with Crippen molar-refractivity contribution in [3.8, 4) is 0 Å². The van der Waals surface area contributed by atoms with Gasteiger partial charge in [0.25, 0.3) is 0 Å². The molecule has 0 saturated heterocycles. The van der Waals surface area contributed by atoms with Crippen LogP contribution in [0.2, 0.25) is 0 Å². The normalized spacial score (nSPS) is 13.9. The minimum absolute atomic E-state index is 0.0424. The van der Waals surface area contributed by atoms with Crippen molar-refractivity contribution in [2.75, 3.05) is 6.54 Å². The maximum atomic E-state index is 14.1. The van der Waals surface area contributed by atoms with Gasteiger partial charge in [0.1, 0.15) is 30.2 Å². The lowest BCUT2D eigenvalue weighted by atomic mass is 10.0. The lowest BCUT2D eigenvalue weighted by Gasteiger charge is -2.26. The Bertz CT molecular complexity index is 1800. The van der Waals surface area contributed by atoms with E-state index < -0.39 is 96.0 Å². The van der Waals surface area contributed by atoms with Crippen LogP contribution in [0, 0.1) is 5.92 Å². The van der Waals surface area contributed by atoms with E-state index in [1.165, 1.54) is 0 Å². The summed E-state index contributed by atoms with van der Waals surface area (Å²) in [7, 11) is 0. The monoisotopic (exact) mass is 851 g/mol. The standard InChI is InChI=1S/C42H61N9O10/c1-4-5-16-30(42(60)61)49-40(58)31(21-25(2)3)47-36(54)24-46-38(56)32(22-26-12-8-6-9-13-26)50-41(59)33(23-27-14-10-7-11-15-27)51-39(57)29(18-20-35(45)53)48-37(55)28(43)17-19-34(44)52/h6-15,25,28-33H,4-5,16-24,43H2,1-3H3,(H2,44,52)(H2,45,53)(H,46,56)(H,47,54)(H,48,55)(H,49,58)(H,50,59)(H,51,57)(H,60,61)/t28-,29-,30-,31-,32-,33-/m0/s1. The second-order valence-corrected chi connectivity index (χ2v) is 15.2. The third kappa shape index (κ3) is 20.0. The molecule has 0 aromatic heterocycles. The molecule has 0 aliphatic rings. The summed E-state index contributed by atoms with van der Waals surface area (Å²) in [5, 5.41) is 24.9. The molecule has 0 saturated carbocycles. The van der Waals surface area contributed by atoms with Crippen LogP contribution in [-0.4, -0.2) is 101 Å². The zero-order valence-corrected chi connectivity index (χ0v) is 34.9. The highest BCUT2D eigenvalue weighted by Crippen LogP contribution is 2.10. The molecule has 0 aliphatic carbocycles. The van der Waals surface area contributed by atoms with Crippen LogP contribution in [0.3, 0.4) is 0 Å². The number of nitrogens with two attached hydrogens (primary N) is 3. The maximum Gasteiger partial charge on any atom is 0.326 e. The van der Waals surface area contributed by atoms with Crippen LogP contribution in [0.4, 0.5) is 0 Å². The Labute approximate surface area is 355 Å². The van der Waals surface area contributed by atoms with E-state index in [2.05, 4.69) is 31.9 Å². The van der Waals surface area contributed by atoms with Gasteiger partial charge in [-0.25, -0.2) is 4.79 Å². The summed E-state index contributed by atoms with van der Waals surface area (Å²) in [6.45, 7) is 4.93. The molecule has 0 unspecified atom stereocenters. The first-order chi connectivity index (χ1) is 28.9. The first kappa shape index (κ1) is 50.8. The lowest BCUT2D eigenvalue weighted by Crippen LogP contribution is -2.59. The van der Waals surface area contributed by atoms with Crippen LogP contribution >= 0.6 is 0 Å². The van der Waals surface area contributed by atoms with Crippen molar-refractivity contribution >= 4 is 53.2 Å². The van der Waals surface area contributed by atoms with E-state index in [1.54, 1.807) is 60.7 Å². The van der Waals surface area contributed by atoms with E-state index in [0.29, 0.717) is 17.5 Å². The average Bonchev–Trinajstić information content (AvgIpc) is 3.21. The predicted molar refractivity (Wildman–Crippen MR) is 224 cm³/mol. The molecule has 0 spiro atoms. The third-order valence-electron chi connectivity index (χ3n) is 9.43. The maximum absolute atomic E-state index is 14.1. The number of aliphatic carboxylic acids is 1. The number of carboxylic acid groups (broad SMARTS) is 1. The Hall–Kier alpha value is -6.37.